The Labute approximate surface area is 71.3 Å². The second-order valence-corrected chi connectivity index (χ2v) is 2.66. The molecule has 12 heavy (non-hydrogen) atoms. The van der Waals surface area contributed by atoms with E-state index in [1.165, 1.54) is 0 Å². The maximum atomic E-state index is 4.13. The van der Waals surface area contributed by atoms with Gasteiger partial charge < -0.3 is 0 Å². The SMILES string of the molecule is Cc1cc(-c2cc#ccc2)n[nH]1. The van der Waals surface area contributed by atoms with Gasteiger partial charge in [0.05, 0.1) is 5.69 Å². The number of aromatic amines is 1. The summed E-state index contributed by atoms with van der Waals surface area (Å²) in [5, 5.41) is 7.02. The summed E-state index contributed by atoms with van der Waals surface area (Å²) in [7, 11) is 0. The Bertz CT molecular complexity index is 362. The van der Waals surface area contributed by atoms with Crippen LogP contribution < -0.4 is 0 Å². The molecule has 58 valence electrons. The standard InChI is InChI=1S/C10H8N2/c1-8-7-10(12-11-8)9-5-3-2-4-6-9/h3,5-7H,1H3,(H,11,12). The Morgan fingerprint density at radius 2 is 2.33 bits per heavy atom. The van der Waals surface area contributed by atoms with Crippen LogP contribution in [-0.4, -0.2) is 10.2 Å². The minimum absolute atomic E-state index is 0.956. The molecular weight excluding hydrogens is 148 g/mol. The van der Waals surface area contributed by atoms with Gasteiger partial charge in [0.2, 0.25) is 0 Å². The zero-order chi connectivity index (χ0) is 8.39. The molecule has 2 nitrogen and oxygen atoms in total. The number of H-pyrrole nitrogens is 1. The summed E-state index contributed by atoms with van der Waals surface area (Å²) in [4.78, 5) is 0. The average Bonchev–Trinajstić information content (AvgIpc) is 2.54. The molecule has 0 aliphatic rings. The average molecular weight is 156 g/mol. The van der Waals surface area contributed by atoms with Gasteiger partial charge in [0, 0.05) is 11.3 Å². The Morgan fingerprint density at radius 3 is 2.92 bits per heavy atom. The molecule has 0 aliphatic carbocycles. The molecule has 0 saturated heterocycles. The molecule has 2 heteroatoms. The molecule has 2 aromatic rings. The van der Waals surface area contributed by atoms with Crippen LogP contribution in [0.2, 0.25) is 0 Å². The number of nitrogens with zero attached hydrogens (tertiary/aromatic N) is 1. The minimum atomic E-state index is 0.956. The number of hydrogen-bond donors (Lipinski definition) is 1. The van der Waals surface area contributed by atoms with Gasteiger partial charge in [-0.25, -0.2) is 0 Å². The van der Waals surface area contributed by atoms with Crippen molar-refractivity contribution < 1.29 is 0 Å². The fourth-order valence-corrected chi connectivity index (χ4v) is 1.07. The highest BCUT2D eigenvalue weighted by atomic mass is 15.1. The predicted octanol–water partition coefficient (Wildman–Crippen LogP) is 1.99. The van der Waals surface area contributed by atoms with E-state index in [0.717, 1.165) is 17.0 Å². The van der Waals surface area contributed by atoms with E-state index in [9.17, 15) is 0 Å². The monoisotopic (exact) mass is 156 g/mol. The Hall–Kier alpha value is -1.75. The van der Waals surface area contributed by atoms with Crippen molar-refractivity contribution in [2.45, 2.75) is 6.92 Å². The highest BCUT2D eigenvalue weighted by Crippen LogP contribution is 2.14. The van der Waals surface area contributed by atoms with Gasteiger partial charge in [-0.2, -0.15) is 5.10 Å². The second kappa shape index (κ2) is 2.71. The van der Waals surface area contributed by atoms with E-state index in [1.807, 2.05) is 31.2 Å². The Morgan fingerprint density at radius 1 is 1.42 bits per heavy atom. The molecule has 1 heterocycles. The third-order valence-corrected chi connectivity index (χ3v) is 1.66. The van der Waals surface area contributed by atoms with Gasteiger partial charge in [0.15, 0.2) is 0 Å². The number of aromatic nitrogens is 2. The first kappa shape index (κ1) is 6.93. The maximum absolute atomic E-state index is 4.13. The lowest BCUT2D eigenvalue weighted by atomic mass is 10.2. The number of hydrogen-bond acceptors (Lipinski definition) is 1. The van der Waals surface area contributed by atoms with Gasteiger partial charge in [-0.1, -0.05) is 12.1 Å². The first-order chi connectivity index (χ1) is 5.86. The first-order valence-electron chi connectivity index (χ1n) is 3.76. The van der Waals surface area contributed by atoms with Crippen LogP contribution >= 0.6 is 0 Å². The van der Waals surface area contributed by atoms with Crippen LogP contribution in [0.1, 0.15) is 5.69 Å². The van der Waals surface area contributed by atoms with Crippen molar-refractivity contribution in [3.8, 4) is 11.3 Å². The second-order valence-electron chi connectivity index (χ2n) is 2.66. The summed E-state index contributed by atoms with van der Waals surface area (Å²) in [6.45, 7) is 1.98. The van der Waals surface area contributed by atoms with Crippen molar-refractivity contribution in [1.82, 2.24) is 10.2 Å². The summed E-state index contributed by atoms with van der Waals surface area (Å²) in [5.41, 5.74) is 3.09. The third kappa shape index (κ3) is 1.17. The van der Waals surface area contributed by atoms with Crippen molar-refractivity contribution in [2.75, 3.05) is 0 Å². The van der Waals surface area contributed by atoms with Gasteiger partial charge in [0.25, 0.3) is 0 Å². The molecule has 0 amide bonds. The van der Waals surface area contributed by atoms with Crippen LogP contribution in [0.15, 0.2) is 24.3 Å². The molecule has 0 atom stereocenters. The largest absolute Gasteiger partial charge is 0.282 e. The lowest BCUT2D eigenvalue weighted by molar-refractivity contribution is 1.05. The molecule has 0 saturated carbocycles. The normalized spacial score (nSPS) is 9.42. The van der Waals surface area contributed by atoms with Crippen LogP contribution in [0.25, 0.3) is 11.3 Å². The third-order valence-electron chi connectivity index (χ3n) is 1.66. The number of aryl methyl sites for hydroxylation is 1. The molecule has 1 aromatic carbocycles. The van der Waals surface area contributed by atoms with E-state index >= 15 is 0 Å². The summed E-state index contributed by atoms with van der Waals surface area (Å²) in [6.07, 6.45) is 0. The number of nitrogens with one attached hydrogen (secondary N) is 1. The highest BCUT2D eigenvalue weighted by Gasteiger charge is 1.98. The molecule has 1 aromatic heterocycles. The minimum Gasteiger partial charge on any atom is -0.282 e. The highest BCUT2D eigenvalue weighted by molar-refractivity contribution is 5.57. The quantitative estimate of drug-likeness (QED) is 0.672. The van der Waals surface area contributed by atoms with Crippen LogP contribution in [-0.2, 0) is 0 Å². The van der Waals surface area contributed by atoms with Crippen molar-refractivity contribution in [3.05, 3.63) is 42.1 Å². The lowest BCUT2D eigenvalue weighted by Gasteiger charge is -1.89. The zero-order valence-corrected chi connectivity index (χ0v) is 6.76. The van der Waals surface area contributed by atoms with E-state index in [-0.39, 0.29) is 0 Å². The van der Waals surface area contributed by atoms with E-state index < -0.39 is 0 Å². The molecule has 1 N–H and O–H groups in total. The van der Waals surface area contributed by atoms with Crippen LogP contribution in [0, 0.1) is 19.1 Å². The van der Waals surface area contributed by atoms with Gasteiger partial charge in [-0.15, -0.1) is 0 Å². The number of rotatable bonds is 1. The lowest BCUT2D eigenvalue weighted by Crippen LogP contribution is -1.74. The van der Waals surface area contributed by atoms with Crippen LogP contribution in [0.3, 0.4) is 0 Å². The maximum Gasteiger partial charge on any atom is 0.0930 e. The van der Waals surface area contributed by atoms with Crippen molar-refractivity contribution in [3.63, 3.8) is 0 Å². The molecule has 0 bridgehead atoms. The molecule has 0 radical (unpaired) electrons. The van der Waals surface area contributed by atoms with Gasteiger partial charge in [-0.3, -0.25) is 5.10 Å². The smallest absolute Gasteiger partial charge is 0.0930 e. The fraction of sp³-hybridized carbons (Fsp3) is 0.100. The van der Waals surface area contributed by atoms with E-state index in [0.29, 0.717) is 0 Å². The topological polar surface area (TPSA) is 28.7 Å². The van der Waals surface area contributed by atoms with Gasteiger partial charge in [-0.05, 0) is 31.2 Å². The van der Waals surface area contributed by atoms with Crippen LogP contribution in [0.4, 0.5) is 0 Å². The summed E-state index contributed by atoms with van der Waals surface area (Å²) < 4.78 is 0. The molecule has 2 rings (SSSR count). The molecular formula is C10H8N2. The molecule has 0 aliphatic heterocycles. The molecule has 0 fully saturated rings. The summed E-state index contributed by atoms with van der Waals surface area (Å²) >= 11 is 0. The first-order valence-corrected chi connectivity index (χ1v) is 3.76. The van der Waals surface area contributed by atoms with Crippen molar-refractivity contribution in [2.24, 2.45) is 0 Å². The summed E-state index contributed by atoms with van der Waals surface area (Å²) in [6, 6.07) is 13.4. The van der Waals surface area contributed by atoms with Gasteiger partial charge in [0.1, 0.15) is 0 Å². The zero-order valence-electron chi connectivity index (χ0n) is 6.76. The molecule has 0 unspecified atom stereocenters. The predicted molar refractivity (Wildman–Crippen MR) is 46.4 cm³/mol. The summed E-state index contributed by atoms with van der Waals surface area (Å²) in [5.74, 6) is 0. The molecule has 0 spiro atoms. The Kier molecular flexibility index (Phi) is 1.56. The van der Waals surface area contributed by atoms with Crippen molar-refractivity contribution in [1.29, 1.82) is 0 Å². The van der Waals surface area contributed by atoms with E-state index in [4.69, 9.17) is 0 Å². The fourth-order valence-electron chi connectivity index (χ4n) is 1.07. The Balaban J connectivity index is 2.45. The van der Waals surface area contributed by atoms with Crippen LogP contribution in [0.5, 0.6) is 0 Å². The van der Waals surface area contributed by atoms with Crippen molar-refractivity contribution >= 4 is 0 Å². The van der Waals surface area contributed by atoms with Gasteiger partial charge >= 0.3 is 0 Å². The van der Waals surface area contributed by atoms with E-state index in [1.54, 1.807) is 0 Å². The van der Waals surface area contributed by atoms with E-state index in [2.05, 4.69) is 22.3 Å².